The second kappa shape index (κ2) is 2.05. The summed E-state index contributed by atoms with van der Waals surface area (Å²) in [5, 5.41) is 3.79. The molecule has 3 N–H and O–H groups in total. The van der Waals surface area contributed by atoms with E-state index in [2.05, 4.69) is 17.2 Å². The van der Waals surface area contributed by atoms with Crippen LogP contribution >= 0.6 is 11.8 Å². The Morgan fingerprint density at radius 3 is 3.30 bits per heavy atom. The number of nitrogens with zero attached hydrogens (tertiary/aromatic N) is 1. The van der Waals surface area contributed by atoms with E-state index in [1.54, 1.807) is 0 Å². The van der Waals surface area contributed by atoms with Crippen LogP contribution in [0, 0.1) is 0 Å². The van der Waals surface area contributed by atoms with Crippen LogP contribution < -0.4 is 11.1 Å². The van der Waals surface area contributed by atoms with Gasteiger partial charge in [-0.25, -0.2) is 4.99 Å². The van der Waals surface area contributed by atoms with Crippen molar-refractivity contribution >= 4 is 17.7 Å². The number of nitrogens with two attached hydrogens (primary N) is 1. The Bertz CT molecular complexity index is 180. The fourth-order valence-electron chi connectivity index (χ4n) is 1.49. The summed E-state index contributed by atoms with van der Waals surface area (Å²) in [6.07, 6.45) is 0. The Kier molecular flexibility index (Phi) is 1.30. The summed E-state index contributed by atoms with van der Waals surface area (Å²) in [7, 11) is 0. The van der Waals surface area contributed by atoms with Gasteiger partial charge in [-0.2, -0.15) is 11.8 Å². The first-order chi connectivity index (χ1) is 4.77. The van der Waals surface area contributed by atoms with Crippen LogP contribution in [0.3, 0.4) is 0 Å². The first-order valence-electron chi connectivity index (χ1n) is 3.49. The summed E-state index contributed by atoms with van der Waals surface area (Å²) >= 11 is 1.97. The Hall–Kier alpha value is -0.380. The molecule has 10 heavy (non-hydrogen) atoms. The number of hydrogen-bond acceptors (Lipinski definition) is 4. The van der Waals surface area contributed by atoms with E-state index in [9.17, 15) is 0 Å². The predicted octanol–water partition coefficient (Wildman–Crippen LogP) is -0.223. The second-order valence-electron chi connectivity index (χ2n) is 2.79. The van der Waals surface area contributed by atoms with Crippen molar-refractivity contribution in [3.63, 3.8) is 0 Å². The summed E-state index contributed by atoms with van der Waals surface area (Å²) in [4.78, 5) is 4.29. The molecule has 0 aromatic rings. The largest absolute Gasteiger partial charge is 0.370 e. The normalized spacial score (nSPS) is 44.5. The van der Waals surface area contributed by atoms with E-state index in [-0.39, 0.29) is 0 Å². The molecule has 4 heteroatoms. The van der Waals surface area contributed by atoms with E-state index in [0.29, 0.717) is 23.3 Å². The van der Waals surface area contributed by atoms with Gasteiger partial charge in [-0.05, 0) is 0 Å². The van der Waals surface area contributed by atoms with E-state index in [1.807, 2.05) is 11.8 Å². The van der Waals surface area contributed by atoms with Crippen molar-refractivity contribution < 1.29 is 0 Å². The van der Waals surface area contributed by atoms with Gasteiger partial charge in [-0.1, -0.05) is 6.92 Å². The summed E-state index contributed by atoms with van der Waals surface area (Å²) in [6, 6.07) is 0.949. The van der Waals surface area contributed by atoms with E-state index < -0.39 is 0 Å². The molecule has 0 bridgehead atoms. The topological polar surface area (TPSA) is 50.4 Å². The molecular formula is C6H11N3S. The van der Waals surface area contributed by atoms with Crippen molar-refractivity contribution in [2.45, 2.75) is 24.3 Å². The molecule has 3 atom stereocenters. The lowest BCUT2D eigenvalue weighted by Crippen LogP contribution is -2.37. The van der Waals surface area contributed by atoms with Gasteiger partial charge in [0.2, 0.25) is 0 Å². The van der Waals surface area contributed by atoms with Gasteiger partial charge < -0.3 is 11.1 Å². The van der Waals surface area contributed by atoms with Gasteiger partial charge in [0.25, 0.3) is 0 Å². The number of fused-ring (bicyclic) bond motifs is 1. The molecule has 0 radical (unpaired) electrons. The molecule has 3 nitrogen and oxygen atoms in total. The molecule has 2 heterocycles. The number of hydrogen-bond donors (Lipinski definition) is 2. The van der Waals surface area contributed by atoms with Crippen molar-refractivity contribution in [2.24, 2.45) is 10.7 Å². The number of aliphatic imine (C=N–C) groups is 1. The Morgan fingerprint density at radius 2 is 2.60 bits per heavy atom. The Balaban J connectivity index is 2.16. The first kappa shape index (κ1) is 6.34. The van der Waals surface area contributed by atoms with Gasteiger partial charge in [0, 0.05) is 11.0 Å². The van der Waals surface area contributed by atoms with Gasteiger partial charge in [0.05, 0.1) is 12.1 Å². The minimum atomic E-state index is 0.435. The highest BCUT2D eigenvalue weighted by Gasteiger charge is 2.37. The maximum Gasteiger partial charge on any atom is 0.189 e. The first-order valence-corrected chi connectivity index (χ1v) is 4.53. The van der Waals surface area contributed by atoms with Crippen molar-refractivity contribution in [1.29, 1.82) is 0 Å². The molecular weight excluding hydrogens is 146 g/mol. The quantitative estimate of drug-likeness (QED) is 0.511. The smallest absolute Gasteiger partial charge is 0.189 e. The number of thioether (sulfide) groups is 1. The Morgan fingerprint density at radius 1 is 1.80 bits per heavy atom. The average Bonchev–Trinajstić information content (AvgIpc) is 2.35. The van der Waals surface area contributed by atoms with E-state index in [4.69, 9.17) is 5.73 Å². The summed E-state index contributed by atoms with van der Waals surface area (Å²) in [6.45, 7) is 2.21. The van der Waals surface area contributed by atoms with Gasteiger partial charge in [0.1, 0.15) is 0 Å². The highest BCUT2D eigenvalue weighted by molar-refractivity contribution is 8.00. The van der Waals surface area contributed by atoms with Crippen LogP contribution in [0.4, 0.5) is 0 Å². The van der Waals surface area contributed by atoms with Gasteiger partial charge >= 0.3 is 0 Å². The predicted molar refractivity (Wildman–Crippen MR) is 44.3 cm³/mol. The molecule has 0 unspecified atom stereocenters. The monoisotopic (exact) mass is 157 g/mol. The van der Waals surface area contributed by atoms with Crippen LogP contribution in [0.1, 0.15) is 6.92 Å². The third-order valence-electron chi connectivity index (χ3n) is 2.05. The summed E-state index contributed by atoms with van der Waals surface area (Å²) in [5.41, 5.74) is 5.52. The highest BCUT2D eigenvalue weighted by Crippen LogP contribution is 2.31. The van der Waals surface area contributed by atoms with Crippen LogP contribution in [0.5, 0.6) is 0 Å². The number of nitrogens with one attached hydrogen (secondary N) is 1. The highest BCUT2D eigenvalue weighted by atomic mass is 32.2. The maximum absolute atomic E-state index is 5.52. The zero-order valence-electron chi connectivity index (χ0n) is 5.87. The van der Waals surface area contributed by atoms with Gasteiger partial charge in [-0.3, -0.25) is 0 Å². The third kappa shape index (κ3) is 0.785. The summed E-state index contributed by atoms with van der Waals surface area (Å²) < 4.78 is 0. The molecule has 0 aromatic carbocycles. The minimum Gasteiger partial charge on any atom is -0.370 e. The SMILES string of the molecule is C[C@@H]1SC[C@@H]2NC(N)=N[C@@H]21. The molecule has 0 spiro atoms. The molecule has 0 saturated carbocycles. The molecule has 0 aromatic heterocycles. The van der Waals surface area contributed by atoms with Crippen LogP contribution in [-0.2, 0) is 0 Å². The fraction of sp³-hybridized carbons (Fsp3) is 0.833. The van der Waals surface area contributed by atoms with Gasteiger partial charge in [-0.15, -0.1) is 0 Å². The zero-order valence-corrected chi connectivity index (χ0v) is 6.69. The number of rotatable bonds is 0. The molecule has 1 fully saturated rings. The molecule has 2 rings (SSSR count). The van der Waals surface area contributed by atoms with E-state index >= 15 is 0 Å². The van der Waals surface area contributed by atoms with Gasteiger partial charge in [0.15, 0.2) is 5.96 Å². The van der Waals surface area contributed by atoms with Crippen LogP contribution in [0.25, 0.3) is 0 Å². The zero-order chi connectivity index (χ0) is 7.14. The van der Waals surface area contributed by atoms with Crippen molar-refractivity contribution in [3.8, 4) is 0 Å². The number of guanidine groups is 1. The third-order valence-corrected chi connectivity index (χ3v) is 3.41. The molecule has 2 aliphatic rings. The van der Waals surface area contributed by atoms with Crippen molar-refractivity contribution in [3.05, 3.63) is 0 Å². The van der Waals surface area contributed by atoms with Crippen molar-refractivity contribution in [2.75, 3.05) is 5.75 Å². The van der Waals surface area contributed by atoms with Crippen LogP contribution in [0.2, 0.25) is 0 Å². The van der Waals surface area contributed by atoms with Crippen molar-refractivity contribution in [1.82, 2.24) is 5.32 Å². The summed E-state index contributed by atoms with van der Waals surface area (Å²) in [5.74, 6) is 1.78. The minimum absolute atomic E-state index is 0.435. The van der Waals surface area contributed by atoms with E-state index in [0.717, 1.165) is 5.75 Å². The second-order valence-corrected chi connectivity index (χ2v) is 4.20. The Labute approximate surface area is 64.5 Å². The maximum atomic E-state index is 5.52. The molecule has 2 aliphatic heterocycles. The molecule has 0 aliphatic carbocycles. The lowest BCUT2D eigenvalue weighted by atomic mass is 10.1. The standard InChI is InChI=1S/C6H11N3S/c1-3-5-4(2-10-3)8-6(7)9-5/h3-5H,2H2,1H3,(H3,7,8,9)/t3-,4-,5+/m0/s1. The van der Waals surface area contributed by atoms with Crippen LogP contribution in [0.15, 0.2) is 4.99 Å². The molecule has 56 valence electrons. The fourth-order valence-corrected chi connectivity index (χ4v) is 2.73. The average molecular weight is 157 g/mol. The van der Waals surface area contributed by atoms with E-state index in [1.165, 1.54) is 0 Å². The lowest BCUT2D eigenvalue weighted by molar-refractivity contribution is 0.591. The van der Waals surface area contributed by atoms with Crippen LogP contribution in [-0.4, -0.2) is 29.0 Å². The lowest BCUT2D eigenvalue weighted by Gasteiger charge is -2.07. The molecule has 0 amide bonds. The molecule has 1 saturated heterocycles.